The predicted molar refractivity (Wildman–Crippen MR) is 77.2 cm³/mol. The lowest BCUT2D eigenvalue weighted by Crippen LogP contribution is -2.24. The van der Waals surface area contributed by atoms with Crippen molar-refractivity contribution in [3.05, 3.63) is 58.9 Å². The molecule has 4 nitrogen and oxygen atoms in total. The van der Waals surface area contributed by atoms with Gasteiger partial charge in [0.1, 0.15) is 5.82 Å². The molecule has 0 saturated carbocycles. The number of nitrogens with one attached hydrogen (secondary N) is 1. The number of hydrogen-bond acceptors (Lipinski definition) is 2. The van der Waals surface area contributed by atoms with Gasteiger partial charge in [-0.15, -0.1) is 0 Å². The summed E-state index contributed by atoms with van der Waals surface area (Å²) in [6, 6.07) is 11.1. The molecule has 0 unspecified atom stereocenters. The summed E-state index contributed by atoms with van der Waals surface area (Å²) in [5, 5.41) is 3.73. The van der Waals surface area contributed by atoms with Gasteiger partial charge >= 0.3 is 6.03 Å². The third kappa shape index (κ3) is 3.55. The maximum absolute atomic E-state index is 13.4. The number of halogens is 2. The number of rotatable bonds is 3. The highest BCUT2D eigenvalue weighted by Gasteiger charge is 2.03. The number of benzene rings is 2. The van der Waals surface area contributed by atoms with E-state index in [0.717, 1.165) is 16.7 Å². The molecule has 102 valence electrons. The van der Waals surface area contributed by atoms with E-state index in [2.05, 4.69) is 10.5 Å². The fourth-order valence-electron chi connectivity index (χ4n) is 1.61. The number of amides is 2. The zero-order valence-electron chi connectivity index (χ0n) is 10.3. The zero-order chi connectivity index (χ0) is 14.5. The zero-order valence-corrected chi connectivity index (χ0v) is 11.1. The Bertz CT molecular complexity index is 656. The standard InChI is InChI=1S/C14H11ClFN3O/c15-12-6-5-11(7-13(12)16)10-3-1-9(2-4-10)8-18-19-14(17)20/h1-8H,(H3,17,19,20). The number of carbonyl (C=O) groups excluding carboxylic acids is 1. The van der Waals surface area contributed by atoms with Crippen molar-refractivity contribution in [2.45, 2.75) is 0 Å². The molecular weight excluding hydrogens is 281 g/mol. The topological polar surface area (TPSA) is 67.5 Å². The van der Waals surface area contributed by atoms with Gasteiger partial charge < -0.3 is 5.73 Å². The van der Waals surface area contributed by atoms with Gasteiger partial charge in [0.25, 0.3) is 0 Å². The molecule has 0 aliphatic heterocycles. The summed E-state index contributed by atoms with van der Waals surface area (Å²) in [5.74, 6) is -0.458. The first kappa shape index (κ1) is 14.0. The molecule has 0 aliphatic carbocycles. The van der Waals surface area contributed by atoms with Crippen molar-refractivity contribution >= 4 is 23.8 Å². The van der Waals surface area contributed by atoms with Crippen LogP contribution >= 0.6 is 11.6 Å². The summed E-state index contributed by atoms with van der Waals surface area (Å²) in [7, 11) is 0. The molecule has 0 aromatic heterocycles. The van der Waals surface area contributed by atoms with E-state index in [1.54, 1.807) is 18.2 Å². The van der Waals surface area contributed by atoms with Gasteiger partial charge in [0.15, 0.2) is 0 Å². The van der Waals surface area contributed by atoms with E-state index in [1.165, 1.54) is 18.3 Å². The number of hydrogen-bond donors (Lipinski definition) is 2. The Labute approximate surface area is 120 Å². The van der Waals surface area contributed by atoms with Crippen molar-refractivity contribution in [3.63, 3.8) is 0 Å². The Morgan fingerprint density at radius 3 is 2.45 bits per heavy atom. The normalized spacial score (nSPS) is 10.7. The molecule has 0 bridgehead atoms. The van der Waals surface area contributed by atoms with Crippen LogP contribution in [0, 0.1) is 5.82 Å². The predicted octanol–water partition coefficient (Wildman–Crippen LogP) is 3.15. The molecule has 0 saturated heterocycles. The van der Waals surface area contributed by atoms with E-state index in [0.29, 0.717) is 0 Å². The Hall–Kier alpha value is -2.40. The van der Waals surface area contributed by atoms with Gasteiger partial charge in [-0.25, -0.2) is 14.6 Å². The van der Waals surface area contributed by atoms with E-state index in [9.17, 15) is 9.18 Å². The van der Waals surface area contributed by atoms with Crippen LogP contribution in [0.15, 0.2) is 47.6 Å². The number of nitrogens with zero attached hydrogens (tertiary/aromatic N) is 1. The Kier molecular flexibility index (Phi) is 4.32. The number of carbonyl (C=O) groups is 1. The van der Waals surface area contributed by atoms with E-state index in [4.69, 9.17) is 17.3 Å². The third-order valence-corrected chi connectivity index (χ3v) is 2.86. The lowest BCUT2D eigenvalue weighted by Gasteiger charge is -2.03. The van der Waals surface area contributed by atoms with Crippen LogP contribution in [0.3, 0.4) is 0 Å². The summed E-state index contributed by atoms with van der Waals surface area (Å²) >= 11 is 5.64. The molecular formula is C14H11ClFN3O. The maximum Gasteiger partial charge on any atom is 0.332 e. The van der Waals surface area contributed by atoms with Crippen LogP contribution in [-0.2, 0) is 0 Å². The number of nitrogens with two attached hydrogens (primary N) is 1. The molecule has 3 N–H and O–H groups in total. The summed E-state index contributed by atoms with van der Waals surface area (Å²) in [6.07, 6.45) is 1.46. The molecule has 0 atom stereocenters. The summed E-state index contributed by atoms with van der Waals surface area (Å²) in [6.45, 7) is 0. The molecule has 2 rings (SSSR count). The molecule has 0 radical (unpaired) electrons. The number of primary amides is 1. The van der Waals surface area contributed by atoms with Gasteiger partial charge in [-0.1, -0.05) is 41.9 Å². The SMILES string of the molecule is NC(=O)NN=Cc1ccc(-c2ccc(Cl)c(F)c2)cc1. The molecule has 0 aliphatic rings. The molecule has 2 aromatic carbocycles. The van der Waals surface area contributed by atoms with Crippen molar-refractivity contribution in [2.24, 2.45) is 10.8 Å². The van der Waals surface area contributed by atoms with Crippen molar-refractivity contribution in [1.82, 2.24) is 5.43 Å². The Balaban J connectivity index is 2.17. The van der Waals surface area contributed by atoms with Gasteiger partial charge in [-0.2, -0.15) is 5.10 Å². The second-order valence-electron chi connectivity index (χ2n) is 3.99. The number of urea groups is 1. The highest BCUT2D eigenvalue weighted by molar-refractivity contribution is 6.30. The summed E-state index contributed by atoms with van der Waals surface area (Å²) < 4.78 is 13.4. The minimum atomic E-state index is -0.727. The fraction of sp³-hybridized carbons (Fsp3) is 0. The molecule has 6 heteroatoms. The summed E-state index contributed by atoms with van der Waals surface area (Å²) in [5.41, 5.74) is 9.32. The van der Waals surface area contributed by atoms with Crippen molar-refractivity contribution in [2.75, 3.05) is 0 Å². The van der Waals surface area contributed by atoms with Gasteiger partial charge in [0, 0.05) is 0 Å². The van der Waals surface area contributed by atoms with E-state index in [1.807, 2.05) is 12.1 Å². The highest BCUT2D eigenvalue weighted by Crippen LogP contribution is 2.24. The van der Waals surface area contributed by atoms with Crippen LogP contribution < -0.4 is 11.2 Å². The lowest BCUT2D eigenvalue weighted by molar-refractivity contribution is 0.249. The Morgan fingerprint density at radius 2 is 1.85 bits per heavy atom. The Morgan fingerprint density at radius 1 is 1.20 bits per heavy atom. The maximum atomic E-state index is 13.4. The van der Waals surface area contributed by atoms with Gasteiger partial charge in [-0.3, -0.25) is 0 Å². The quantitative estimate of drug-likeness (QED) is 0.662. The second kappa shape index (κ2) is 6.16. The van der Waals surface area contributed by atoms with Crippen molar-refractivity contribution in [3.8, 4) is 11.1 Å². The highest BCUT2D eigenvalue weighted by atomic mass is 35.5. The largest absolute Gasteiger partial charge is 0.350 e. The van der Waals surface area contributed by atoms with Crippen LogP contribution in [0.1, 0.15) is 5.56 Å². The molecule has 0 heterocycles. The van der Waals surface area contributed by atoms with E-state index < -0.39 is 11.8 Å². The fourth-order valence-corrected chi connectivity index (χ4v) is 1.73. The van der Waals surface area contributed by atoms with E-state index >= 15 is 0 Å². The first-order valence-electron chi connectivity index (χ1n) is 5.70. The van der Waals surface area contributed by atoms with E-state index in [-0.39, 0.29) is 5.02 Å². The van der Waals surface area contributed by atoms with Crippen LogP contribution in [-0.4, -0.2) is 12.2 Å². The van der Waals surface area contributed by atoms with Gasteiger partial charge in [-0.05, 0) is 28.8 Å². The number of hydrazone groups is 1. The van der Waals surface area contributed by atoms with Crippen LogP contribution in [0.25, 0.3) is 11.1 Å². The van der Waals surface area contributed by atoms with Crippen LogP contribution in [0.5, 0.6) is 0 Å². The van der Waals surface area contributed by atoms with Gasteiger partial charge in [0.2, 0.25) is 0 Å². The third-order valence-electron chi connectivity index (χ3n) is 2.55. The molecule has 0 spiro atoms. The second-order valence-corrected chi connectivity index (χ2v) is 4.39. The van der Waals surface area contributed by atoms with Crippen LogP contribution in [0.4, 0.5) is 9.18 Å². The average molecular weight is 292 g/mol. The molecule has 0 fully saturated rings. The smallest absolute Gasteiger partial charge is 0.332 e. The van der Waals surface area contributed by atoms with Crippen molar-refractivity contribution in [1.29, 1.82) is 0 Å². The monoisotopic (exact) mass is 291 g/mol. The first-order chi connectivity index (χ1) is 9.56. The van der Waals surface area contributed by atoms with Crippen molar-refractivity contribution < 1.29 is 9.18 Å². The molecule has 2 amide bonds. The minimum Gasteiger partial charge on any atom is -0.350 e. The minimum absolute atomic E-state index is 0.0926. The summed E-state index contributed by atoms with van der Waals surface area (Å²) in [4.78, 5) is 10.4. The lowest BCUT2D eigenvalue weighted by atomic mass is 10.0. The molecule has 20 heavy (non-hydrogen) atoms. The first-order valence-corrected chi connectivity index (χ1v) is 6.08. The van der Waals surface area contributed by atoms with Crippen LogP contribution in [0.2, 0.25) is 5.02 Å². The van der Waals surface area contributed by atoms with Gasteiger partial charge in [0.05, 0.1) is 11.2 Å². The average Bonchev–Trinajstić information content (AvgIpc) is 2.42. The molecule has 2 aromatic rings.